The van der Waals surface area contributed by atoms with Crippen molar-refractivity contribution in [3.05, 3.63) is 95.1 Å². The van der Waals surface area contributed by atoms with Crippen LogP contribution >= 0.6 is 0 Å². The minimum atomic E-state index is 0.0788. The van der Waals surface area contributed by atoms with Crippen molar-refractivity contribution < 1.29 is 4.74 Å². The highest BCUT2D eigenvalue weighted by atomic mass is 16.5. The lowest BCUT2D eigenvalue weighted by atomic mass is 9.86. The second-order valence-corrected chi connectivity index (χ2v) is 8.89. The molecule has 168 valence electrons. The highest BCUT2D eigenvalue weighted by Gasteiger charge is 2.17. The lowest BCUT2D eigenvalue weighted by Gasteiger charge is -2.25. The van der Waals surface area contributed by atoms with E-state index in [-0.39, 0.29) is 6.23 Å². The summed E-state index contributed by atoms with van der Waals surface area (Å²) >= 11 is 0. The molecule has 0 amide bonds. The van der Waals surface area contributed by atoms with Gasteiger partial charge in [-0.25, -0.2) is 0 Å². The van der Waals surface area contributed by atoms with E-state index in [1.54, 1.807) is 7.11 Å². The molecule has 0 saturated heterocycles. The monoisotopic (exact) mass is 428 g/mol. The summed E-state index contributed by atoms with van der Waals surface area (Å²) < 4.78 is 5.70. The molecule has 0 aromatic heterocycles. The summed E-state index contributed by atoms with van der Waals surface area (Å²) in [5.74, 6) is 0. The lowest BCUT2D eigenvalue weighted by molar-refractivity contribution is 0.0637. The Balaban J connectivity index is 1.24. The first kappa shape index (κ1) is 22.7. The van der Waals surface area contributed by atoms with Crippen molar-refractivity contribution in [2.24, 2.45) is 0 Å². The van der Waals surface area contributed by atoms with Gasteiger partial charge in [0.15, 0.2) is 0 Å². The van der Waals surface area contributed by atoms with Gasteiger partial charge in [0.1, 0.15) is 6.23 Å². The van der Waals surface area contributed by atoms with Gasteiger partial charge in [-0.15, -0.1) is 0 Å². The first-order valence-electron chi connectivity index (χ1n) is 11.9. The van der Waals surface area contributed by atoms with Gasteiger partial charge in [-0.3, -0.25) is 5.32 Å². The predicted molar refractivity (Wildman–Crippen MR) is 134 cm³/mol. The third-order valence-electron chi connectivity index (χ3n) is 6.72. The van der Waals surface area contributed by atoms with Gasteiger partial charge in [-0.2, -0.15) is 0 Å². The minimum Gasteiger partial charge on any atom is -0.367 e. The van der Waals surface area contributed by atoms with E-state index < -0.39 is 0 Å². The van der Waals surface area contributed by atoms with E-state index in [4.69, 9.17) is 4.74 Å². The van der Waals surface area contributed by atoms with E-state index in [9.17, 15) is 0 Å². The summed E-state index contributed by atoms with van der Waals surface area (Å²) in [6.07, 6.45) is 6.91. The molecule has 4 rings (SSSR count). The van der Waals surface area contributed by atoms with Gasteiger partial charge in [-0.1, -0.05) is 72.8 Å². The number of aryl methyl sites for hydroxylation is 2. The fourth-order valence-corrected chi connectivity index (χ4v) is 4.68. The number of ether oxygens (including phenoxy) is 1. The van der Waals surface area contributed by atoms with Crippen molar-refractivity contribution in [1.29, 1.82) is 0 Å². The van der Waals surface area contributed by atoms with Crippen molar-refractivity contribution in [3.63, 3.8) is 0 Å². The van der Waals surface area contributed by atoms with Gasteiger partial charge in [0, 0.05) is 19.7 Å². The van der Waals surface area contributed by atoms with Crippen LogP contribution in [-0.4, -0.2) is 26.4 Å². The molecule has 3 aromatic carbocycles. The minimum absolute atomic E-state index is 0.0788. The maximum atomic E-state index is 5.70. The number of rotatable bonds is 10. The van der Waals surface area contributed by atoms with Crippen molar-refractivity contribution in [3.8, 4) is 11.1 Å². The molecular formula is C29H36N2O. The van der Waals surface area contributed by atoms with Crippen LogP contribution in [0.25, 0.3) is 11.1 Å². The third-order valence-corrected chi connectivity index (χ3v) is 6.72. The fourth-order valence-electron chi connectivity index (χ4n) is 4.68. The van der Waals surface area contributed by atoms with Gasteiger partial charge in [0.05, 0.1) is 0 Å². The zero-order valence-corrected chi connectivity index (χ0v) is 19.4. The largest absolute Gasteiger partial charge is 0.367 e. The van der Waals surface area contributed by atoms with Crippen molar-refractivity contribution in [2.75, 3.05) is 14.2 Å². The maximum absolute atomic E-state index is 5.70. The van der Waals surface area contributed by atoms with Crippen molar-refractivity contribution >= 4 is 0 Å². The Hall–Kier alpha value is -2.46. The van der Waals surface area contributed by atoms with Crippen LogP contribution in [0.4, 0.5) is 0 Å². The summed E-state index contributed by atoms with van der Waals surface area (Å²) in [5.41, 5.74) is 8.31. The Bertz CT molecular complexity index is 968. The second-order valence-electron chi connectivity index (χ2n) is 8.89. The first-order valence-corrected chi connectivity index (χ1v) is 11.9. The molecule has 0 fully saturated rings. The molecule has 32 heavy (non-hydrogen) atoms. The van der Waals surface area contributed by atoms with Crippen molar-refractivity contribution in [2.45, 2.75) is 57.3 Å². The average molecular weight is 429 g/mol. The van der Waals surface area contributed by atoms with Crippen LogP contribution in [-0.2, 0) is 30.5 Å². The lowest BCUT2D eigenvalue weighted by Crippen LogP contribution is -2.31. The van der Waals surface area contributed by atoms with Crippen LogP contribution in [0.5, 0.6) is 0 Å². The molecule has 3 nitrogen and oxygen atoms in total. The molecule has 0 saturated carbocycles. The van der Waals surface area contributed by atoms with Gasteiger partial charge in [-0.05, 0) is 79.0 Å². The van der Waals surface area contributed by atoms with Crippen LogP contribution < -0.4 is 10.6 Å². The summed E-state index contributed by atoms with van der Waals surface area (Å²) in [7, 11) is 3.88. The molecule has 0 radical (unpaired) electrons. The Morgan fingerprint density at radius 3 is 2.41 bits per heavy atom. The summed E-state index contributed by atoms with van der Waals surface area (Å²) in [4.78, 5) is 0. The zero-order chi connectivity index (χ0) is 22.2. The Morgan fingerprint density at radius 2 is 1.66 bits per heavy atom. The number of benzene rings is 3. The molecular weight excluding hydrogens is 392 g/mol. The Kier molecular flexibility index (Phi) is 8.11. The molecule has 1 unspecified atom stereocenters. The number of nitrogens with one attached hydrogen (secondary N) is 2. The Morgan fingerprint density at radius 1 is 0.906 bits per heavy atom. The number of fused-ring (bicyclic) bond motifs is 1. The van der Waals surface area contributed by atoms with E-state index in [0.717, 1.165) is 32.2 Å². The molecule has 2 N–H and O–H groups in total. The predicted octanol–water partition coefficient (Wildman–Crippen LogP) is 5.52. The summed E-state index contributed by atoms with van der Waals surface area (Å²) in [5, 5.41) is 7.01. The van der Waals surface area contributed by atoms with Gasteiger partial charge >= 0.3 is 0 Å². The number of likely N-dealkylation sites (N-methyl/N-ethyl adjacent to an activating group) is 1. The fraction of sp³-hybridized carbons (Fsp3) is 0.379. The number of methoxy groups -OCH3 is 1. The quantitative estimate of drug-likeness (QED) is 0.418. The van der Waals surface area contributed by atoms with E-state index in [1.165, 1.54) is 46.2 Å². The second kappa shape index (κ2) is 11.4. The number of hydrogen-bond acceptors (Lipinski definition) is 3. The molecule has 0 spiro atoms. The molecule has 3 aromatic rings. The highest BCUT2D eigenvalue weighted by Crippen LogP contribution is 2.24. The van der Waals surface area contributed by atoms with Gasteiger partial charge in [0.25, 0.3) is 0 Å². The number of hydrogen-bond donors (Lipinski definition) is 2. The van der Waals surface area contributed by atoms with Crippen LogP contribution in [0.1, 0.15) is 41.5 Å². The van der Waals surface area contributed by atoms with Gasteiger partial charge in [0.2, 0.25) is 0 Å². The highest BCUT2D eigenvalue weighted by molar-refractivity contribution is 5.63. The van der Waals surface area contributed by atoms with E-state index in [2.05, 4.69) is 90.5 Å². The van der Waals surface area contributed by atoms with Crippen LogP contribution in [0.15, 0.2) is 72.8 Å². The smallest absolute Gasteiger partial charge is 0.108 e. The molecule has 1 aliphatic carbocycles. The van der Waals surface area contributed by atoms with Crippen LogP contribution in [0.3, 0.4) is 0 Å². The molecule has 0 bridgehead atoms. The molecule has 1 aliphatic rings. The molecule has 0 heterocycles. The van der Waals surface area contributed by atoms with E-state index in [1.807, 2.05) is 0 Å². The third kappa shape index (κ3) is 6.07. The normalized spacial score (nSPS) is 16.5. The first-order chi connectivity index (χ1) is 15.7. The summed E-state index contributed by atoms with van der Waals surface area (Å²) in [6.45, 7) is 0.817. The van der Waals surface area contributed by atoms with E-state index >= 15 is 0 Å². The summed E-state index contributed by atoms with van der Waals surface area (Å²) in [6, 6.07) is 27.0. The molecule has 0 aliphatic heterocycles. The topological polar surface area (TPSA) is 33.3 Å². The van der Waals surface area contributed by atoms with Gasteiger partial charge < -0.3 is 10.1 Å². The molecule has 2 atom stereocenters. The zero-order valence-electron chi connectivity index (χ0n) is 19.4. The van der Waals surface area contributed by atoms with Crippen LogP contribution in [0, 0.1) is 0 Å². The average Bonchev–Trinajstić information content (AvgIpc) is 2.86. The van der Waals surface area contributed by atoms with E-state index in [0.29, 0.717) is 6.04 Å². The SMILES string of the molecule is CN[C@H]1CCc2ccc(CCCC(NCc3ccc(-c4ccccc4)cc3)OC)cc2C1. The Labute approximate surface area is 193 Å². The molecule has 3 heteroatoms. The standard InChI is InChI=1S/C29H36N2O/c1-30-28-18-17-26-14-11-22(19-27(26)20-28)7-6-10-29(32-2)31-21-23-12-15-25(16-13-23)24-8-4-3-5-9-24/h3-5,8-9,11-16,19,28-31H,6-7,10,17-18,20-21H2,1-2H3/t28-,29?/m0/s1. The maximum Gasteiger partial charge on any atom is 0.108 e. The van der Waals surface area contributed by atoms with Crippen LogP contribution in [0.2, 0.25) is 0 Å². The van der Waals surface area contributed by atoms with Crippen molar-refractivity contribution in [1.82, 2.24) is 10.6 Å².